The van der Waals surface area contributed by atoms with Crippen molar-refractivity contribution in [3.05, 3.63) is 52.7 Å². The summed E-state index contributed by atoms with van der Waals surface area (Å²) in [5.74, 6) is -1.05. The van der Waals surface area contributed by atoms with Gasteiger partial charge in [-0.05, 0) is 56.6 Å². The average molecular weight is 321 g/mol. The molecule has 1 aromatic carbocycles. The van der Waals surface area contributed by atoms with Crippen molar-refractivity contribution in [1.82, 2.24) is 4.90 Å². The molecule has 0 radical (unpaired) electrons. The van der Waals surface area contributed by atoms with Gasteiger partial charge in [0.2, 0.25) is 0 Å². The molecule has 0 amide bonds. The fourth-order valence-electron chi connectivity index (χ4n) is 2.98. The zero-order chi connectivity index (χ0) is 17.0. The molecule has 0 saturated heterocycles. The third kappa shape index (κ3) is 4.10. The highest BCUT2D eigenvalue weighted by Crippen LogP contribution is 2.30. The first-order valence-corrected chi connectivity index (χ1v) is 8.02. The van der Waals surface area contributed by atoms with Gasteiger partial charge in [0.1, 0.15) is 11.6 Å². The van der Waals surface area contributed by atoms with E-state index in [2.05, 4.69) is 18.9 Å². The zero-order valence-corrected chi connectivity index (χ0v) is 13.8. The molecule has 0 saturated carbocycles. The van der Waals surface area contributed by atoms with Crippen LogP contribution < -0.4 is 11.5 Å². The number of hydrogen-bond donors (Lipinski definition) is 2. The number of nitrogens with two attached hydrogens (primary N) is 2. The Morgan fingerprint density at radius 1 is 1.35 bits per heavy atom. The third-order valence-electron chi connectivity index (χ3n) is 4.46. The maximum absolute atomic E-state index is 13.8. The topological polar surface area (TPSA) is 55.3 Å². The van der Waals surface area contributed by atoms with Crippen LogP contribution in [0.1, 0.15) is 31.7 Å². The van der Waals surface area contributed by atoms with E-state index in [4.69, 9.17) is 11.5 Å². The van der Waals surface area contributed by atoms with Crippen LogP contribution in [0.5, 0.6) is 0 Å². The van der Waals surface area contributed by atoms with Crippen molar-refractivity contribution in [1.29, 1.82) is 0 Å². The Bertz CT molecular complexity index is 602. The Morgan fingerprint density at radius 2 is 2.00 bits per heavy atom. The van der Waals surface area contributed by atoms with E-state index in [1.807, 2.05) is 0 Å². The van der Waals surface area contributed by atoms with Crippen LogP contribution in [0.15, 0.2) is 35.5 Å². The van der Waals surface area contributed by atoms with Gasteiger partial charge in [-0.15, -0.1) is 0 Å². The van der Waals surface area contributed by atoms with Crippen LogP contribution in [0.25, 0.3) is 5.70 Å². The second kappa shape index (κ2) is 7.59. The smallest absolute Gasteiger partial charge is 0.135 e. The van der Waals surface area contributed by atoms with Crippen LogP contribution in [0, 0.1) is 17.6 Å². The van der Waals surface area contributed by atoms with Crippen molar-refractivity contribution >= 4 is 5.70 Å². The molecule has 2 rings (SSSR count). The fraction of sp³-hybridized carbons (Fsp3) is 0.444. The zero-order valence-electron chi connectivity index (χ0n) is 13.8. The Hall–Kier alpha value is -1.88. The van der Waals surface area contributed by atoms with E-state index in [1.54, 1.807) is 6.08 Å². The van der Waals surface area contributed by atoms with Crippen molar-refractivity contribution in [2.24, 2.45) is 17.4 Å². The molecule has 0 aromatic heterocycles. The summed E-state index contributed by atoms with van der Waals surface area (Å²) in [5, 5.41) is 0. The summed E-state index contributed by atoms with van der Waals surface area (Å²) in [6.07, 6.45) is 4.45. The molecule has 1 unspecified atom stereocenters. The Kier molecular flexibility index (Phi) is 5.77. The van der Waals surface area contributed by atoms with Crippen LogP contribution in [0.2, 0.25) is 0 Å². The van der Waals surface area contributed by atoms with Gasteiger partial charge in [-0.3, -0.25) is 0 Å². The number of nitrogens with zero attached hydrogens (tertiary/aromatic N) is 1. The minimum Gasteiger partial charge on any atom is -0.402 e. The highest BCUT2D eigenvalue weighted by Gasteiger charge is 2.22. The second-order valence-corrected chi connectivity index (χ2v) is 6.12. The molecule has 0 bridgehead atoms. The molecule has 4 N–H and O–H groups in total. The summed E-state index contributed by atoms with van der Waals surface area (Å²) in [4.78, 5) is 2.21. The first-order valence-electron chi connectivity index (χ1n) is 8.02. The molecule has 5 heteroatoms. The fourth-order valence-corrected chi connectivity index (χ4v) is 2.98. The SMILES string of the molecule is CCN(C)CC1CCCC(/C=C(\N)c2c(F)cccc2F)=C1N. The molecule has 0 spiro atoms. The lowest BCUT2D eigenvalue weighted by atomic mass is 9.86. The van der Waals surface area contributed by atoms with E-state index in [-0.39, 0.29) is 17.2 Å². The first-order chi connectivity index (χ1) is 10.9. The summed E-state index contributed by atoms with van der Waals surface area (Å²) < 4.78 is 27.7. The van der Waals surface area contributed by atoms with Gasteiger partial charge < -0.3 is 16.4 Å². The van der Waals surface area contributed by atoms with Crippen LogP contribution >= 0.6 is 0 Å². The van der Waals surface area contributed by atoms with Gasteiger partial charge in [0.15, 0.2) is 0 Å². The highest BCUT2D eigenvalue weighted by molar-refractivity contribution is 5.66. The van der Waals surface area contributed by atoms with Crippen molar-refractivity contribution < 1.29 is 8.78 Å². The van der Waals surface area contributed by atoms with Crippen LogP contribution in [0.4, 0.5) is 8.78 Å². The summed E-state index contributed by atoms with van der Waals surface area (Å²) in [6, 6.07) is 3.74. The number of rotatable bonds is 5. The van der Waals surface area contributed by atoms with Gasteiger partial charge in [-0.1, -0.05) is 13.0 Å². The van der Waals surface area contributed by atoms with Gasteiger partial charge >= 0.3 is 0 Å². The molecule has 126 valence electrons. The third-order valence-corrected chi connectivity index (χ3v) is 4.46. The molecule has 1 atom stereocenters. The first kappa shape index (κ1) is 17.5. The van der Waals surface area contributed by atoms with E-state index in [9.17, 15) is 8.78 Å². The largest absolute Gasteiger partial charge is 0.402 e. The highest BCUT2D eigenvalue weighted by atomic mass is 19.1. The lowest BCUT2D eigenvalue weighted by Crippen LogP contribution is -2.31. The molecule has 0 aliphatic heterocycles. The van der Waals surface area contributed by atoms with Crippen molar-refractivity contribution in [2.45, 2.75) is 26.2 Å². The van der Waals surface area contributed by atoms with Gasteiger partial charge in [-0.2, -0.15) is 0 Å². The Morgan fingerprint density at radius 3 is 2.61 bits per heavy atom. The lowest BCUT2D eigenvalue weighted by Gasteiger charge is -2.28. The lowest BCUT2D eigenvalue weighted by molar-refractivity contribution is 0.290. The minimum absolute atomic E-state index is 0.0862. The van der Waals surface area contributed by atoms with Crippen molar-refractivity contribution in [3.8, 4) is 0 Å². The summed E-state index contributed by atoms with van der Waals surface area (Å²) in [7, 11) is 2.06. The predicted octanol–water partition coefficient (Wildman–Crippen LogP) is 3.23. The molecular weight excluding hydrogens is 296 g/mol. The molecule has 0 fully saturated rings. The van der Waals surface area contributed by atoms with E-state index >= 15 is 0 Å². The maximum Gasteiger partial charge on any atom is 0.135 e. The molecule has 1 aromatic rings. The van der Waals surface area contributed by atoms with E-state index in [0.29, 0.717) is 0 Å². The number of hydrogen-bond acceptors (Lipinski definition) is 3. The Labute approximate surface area is 136 Å². The summed E-state index contributed by atoms with van der Waals surface area (Å²) in [6.45, 7) is 3.94. The van der Waals surface area contributed by atoms with Gasteiger partial charge in [0.25, 0.3) is 0 Å². The Balaban J connectivity index is 2.30. The molecule has 3 nitrogen and oxygen atoms in total. The summed E-state index contributed by atoms with van der Waals surface area (Å²) >= 11 is 0. The van der Waals surface area contributed by atoms with Crippen LogP contribution in [0.3, 0.4) is 0 Å². The van der Waals surface area contributed by atoms with E-state index in [1.165, 1.54) is 18.2 Å². The van der Waals surface area contributed by atoms with Gasteiger partial charge in [0, 0.05) is 23.9 Å². The number of halogens is 2. The molecule has 1 aliphatic rings. The molecular formula is C18H25F2N3. The van der Waals surface area contributed by atoms with Gasteiger partial charge in [-0.25, -0.2) is 8.78 Å². The van der Waals surface area contributed by atoms with E-state index in [0.717, 1.165) is 43.6 Å². The summed E-state index contributed by atoms with van der Waals surface area (Å²) in [5.41, 5.74) is 13.8. The average Bonchev–Trinajstić information content (AvgIpc) is 2.51. The molecule has 23 heavy (non-hydrogen) atoms. The monoisotopic (exact) mass is 321 g/mol. The predicted molar refractivity (Wildman–Crippen MR) is 90.2 cm³/mol. The van der Waals surface area contributed by atoms with E-state index < -0.39 is 11.6 Å². The second-order valence-electron chi connectivity index (χ2n) is 6.12. The van der Waals surface area contributed by atoms with Gasteiger partial charge in [0.05, 0.1) is 5.56 Å². The van der Waals surface area contributed by atoms with Crippen molar-refractivity contribution in [3.63, 3.8) is 0 Å². The molecule has 0 heterocycles. The quantitative estimate of drug-likeness (QED) is 0.875. The van der Waals surface area contributed by atoms with Crippen molar-refractivity contribution in [2.75, 3.05) is 20.1 Å². The minimum atomic E-state index is -0.656. The maximum atomic E-state index is 13.8. The number of allylic oxidation sites excluding steroid dienone is 2. The molecule has 1 aliphatic carbocycles. The standard InChI is InChI=1S/C18H25F2N3/c1-3-23(2)11-13-7-4-6-12(18(13)22)10-16(21)17-14(19)8-5-9-15(17)20/h5,8-10,13H,3-4,6-7,11,21-22H2,1-2H3/b16-10-. The number of benzene rings is 1. The normalized spacial score (nSPS) is 19.5. The van der Waals surface area contributed by atoms with Crippen LogP contribution in [-0.2, 0) is 0 Å². The van der Waals surface area contributed by atoms with Crippen LogP contribution in [-0.4, -0.2) is 25.0 Å².